The van der Waals surface area contributed by atoms with Crippen LogP contribution in [0.4, 0.5) is 0 Å². The number of rotatable bonds is 4. The van der Waals surface area contributed by atoms with Crippen LogP contribution in [0.25, 0.3) is 11.0 Å². The highest BCUT2D eigenvalue weighted by Gasteiger charge is 2.05. The Hall–Kier alpha value is -1.57. The second-order valence-corrected chi connectivity index (χ2v) is 4.42. The van der Waals surface area contributed by atoms with E-state index in [1.165, 1.54) is 17.2 Å². The summed E-state index contributed by atoms with van der Waals surface area (Å²) in [6, 6.07) is 7.62. The van der Waals surface area contributed by atoms with Gasteiger partial charge in [-0.15, -0.1) is 0 Å². The molecule has 0 bridgehead atoms. The molecule has 17 heavy (non-hydrogen) atoms. The second kappa shape index (κ2) is 5.17. The van der Waals surface area contributed by atoms with E-state index in [1.54, 1.807) is 0 Å². The minimum Gasteiger partial charge on any atom is -0.423 e. The summed E-state index contributed by atoms with van der Waals surface area (Å²) in [7, 11) is 0. The van der Waals surface area contributed by atoms with Crippen LogP contribution < -0.4 is 5.63 Å². The SMILES string of the molecule is CCCc1cc(CCC)c2ccc(=O)oc2c1. The smallest absolute Gasteiger partial charge is 0.336 e. The number of aryl methyl sites for hydroxylation is 2. The first-order valence-electron chi connectivity index (χ1n) is 6.30. The zero-order valence-corrected chi connectivity index (χ0v) is 10.5. The molecule has 0 fully saturated rings. The summed E-state index contributed by atoms with van der Waals surface area (Å²) in [5, 5.41) is 1.08. The summed E-state index contributed by atoms with van der Waals surface area (Å²) in [6.07, 6.45) is 4.27. The van der Waals surface area contributed by atoms with Crippen LogP contribution >= 0.6 is 0 Å². The van der Waals surface area contributed by atoms with Crippen LogP contribution in [0.2, 0.25) is 0 Å². The van der Waals surface area contributed by atoms with E-state index in [4.69, 9.17) is 4.42 Å². The fourth-order valence-corrected chi connectivity index (χ4v) is 2.22. The fraction of sp³-hybridized carbons (Fsp3) is 0.400. The lowest BCUT2D eigenvalue weighted by molar-refractivity contribution is 0.560. The Morgan fingerprint density at radius 2 is 1.82 bits per heavy atom. The van der Waals surface area contributed by atoms with Crippen molar-refractivity contribution in [1.82, 2.24) is 0 Å². The van der Waals surface area contributed by atoms with E-state index in [-0.39, 0.29) is 5.63 Å². The second-order valence-electron chi connectivity index (χ2n) is 4.42. The Kier molecular flexibility index (Phi) is 3.62. The molecule has 2 nitrogen and oxygen atoms in total. The Morgan fingerprint density at radius 1 is 1.06 bits per heavy atom. The molecular weight excluding hydrogens is 212 g/mol. The summed E-state index contributed by atoms with van der Waals surface area (Å²) >= 11 is 0. The maximum absolute atomic E-state index is 11.3. The molecule has 0 aliphatic carbocycles. The van der Waals surface area contributed by atoms with Gasteiger partial charge in [-0.25, -0.2) is 4.79 Å². The van der Waals surface area contributed by atoms with Crippen molar-refractivity contribution in [3.8, 4) is 0 Å². The van der Waals surface area contributed by atoms with Crippen LogP contribution in [-0.4, -0.2) is 0 Å². The van der Waals surface area contributed by atoms with Gasteiger partial charge in [0.05, 0.1) is 0 Å². The Balaban J connectivity index is 2.62. The lowest BCUT2D eigenvalue weighted by Gasteiger charge is -2.07. The van der Waals surface area contributed by atoms with Gasteiger partial charge < -0.3 is 4.42 Å². The molecule has 0 saturated carbocycles. The van der Waals surface area contributed by atoms with Gasteiger partial charge >= 0.3 is 5.63 Å². The van der Waals surface area contributed by atoms with Crippen molar-refractivity contribution in [2.45, 2.75) is 39.5 Å². The lowest BCUT2D eigenvalue weighted by Crippen LogP contribution is -1.98. The third-order valence-corrected chi connectivity index (χ3v) is 2.94. The first-order valence-corrected chi connectivity index (χ1v) is 6.30. The van der Waals surface area contributed by atoms with Gasteiger partial charge in [-0.2, -0.15) is 0 Å². The number of fused-ring (bicyclic) bond motifs is 1. The topological polar surface area (TPSA) is 30.2 Å². The summed E-state index contributed by atoms with van der Waals surface area (Å²) in [5.74, 6) is 0. The summed E-state index contributed by atoms with van der Waals surface area (Å²) < 4.78 is 5.28. The van der Waals surface area contributed by atoms with Crippen molar-refractivity contribution in [3.05, 3.63) is 45.8 Å². The highest BCUT2D eigenvalue weighted by atomic mass is 16.4. The molecule has 0 atom stereocenters. The van der Waals surface area contributed by atoms with Crippen molar-refractivity contribution in [3.63, 3.8) is 0 Å². The molecule has 0 spiro atoms. The number of benzene rings is 1. The molecule has 0 aliphatic heterocycles. The maximum atomic E-state index is 11.3. The van der Waals surface area contributed by atoms with Crippen molar-refractivity contribution in [2.75, 3.05) is 0 Å². The number of hydrogen-bond donors (Lipinski definition) is 0. The van der Waals surface area contributed by atoms with Gasteiger partial charge in [-0.3, -0.25) is 0 Å². The molecule has 2 aromatic rings. The highest BCUT2D eigenvalue weighted by molar-refractivity contribution is 5.81. The molecule has 1 aromatic heterocycles. The van der Waals surface area contributed by atoms with Crippen molar-refractivity contribution >= 4 is 11.0 Å². The van der Waals surface area contributed by atoms with Gasteiger partial charge in [-0.1, -0.05) is 32.8 Å². The van der Waals surface area contributed by atoms with E-state index < -0.39 is 0 Å². The average molecular weight is 230 g/mol. The molecule has 1 heterocycles. The Bertz CT molecular complexity index is 567. The molecule has 0 saturated heterocycles. The zero-order valence-electron chi connectivity index (χ0n) is 10.5. The minimum atomic E-state index is -0.270. The molecule has 1 aromatic carbocycles. The predicted molar refractivity (Wildman–Crippen MR) is 70.5 cm³/mol. The summed E-state index contributed by atoms with van der Waals surface area (Å²) in [4.78, 5) is 11.3. The lowest BCUT2D eigenvalue weighted by atomic mass is 9.99. The van der Waals surface area contributed by atoms with Crippen LogP contribution in [-0.2, 0) is 12.8 Å². The van der Waals surface area contributed by atoms with Crippen LogP contribution in [0.1, 0.15) is 37.8 Å². The van der Waals surface area contributed by atoms with E-state index in [9.17, 15) is 4.79 Å². The third-order valence-electron chi connectivity index (χ3n) is 2.94. The molecule has 0 unspecified atom stereocenters. The molecule has 90 valence electrons. The molecule has 2 rings (SSSR count). The van der Waals surface area contributed by atoms with E-state index in [0.29, 0.717) is 0 Å². The van der Waals surface area contributed by atoms with Crippen LogP contribution in [0.5, 0.6) is 0 Å². The standard InChI is InChI=1S/C15H18O2/c1-3-5-11-9-12(6-4-2)13-7-8-15(16)17-14(13)10-11/h7-10H,3-6H2,1-2H3. The number of hydrogen-bond acceptors (Lipinski definition) is 2. The molecule has 0 aliphatic rings. The van der Waals surface area contributed by atoms with Crippen LogP contribution in [0, 0.1) is 0 Å². The summed E-state index contributed by atoms with van der Waals surface area (Å²) in [5.41, 5.74) is 3.01. The Morgan fingerprint density at radius 3 is 2.53 bits per heavy atom. The van der Waals surface area contributed by atoms with Crippen molar-refractivity contribution in [1.29, 1.82) is 0 Å². The zero-order chi connectivity index (χ0) is 12.3. The minimum absolute atomic E-state index is 0.270. The van der Waals surface area contributed by atoms with Gasteiger partial charge in [0.2, 0.25) is 0 Å². The molecule has 0 amide bonds. The molecule has 0 N–H and O–H groups in total. The monoisotopic (exact) mass is 230 g/mol. The largest absolute Gasteiger partial charge is 0.423 e. The normalized spacial score (nSPS) is 10.9. The molecule has 0 radical (unpaired) electrons. The van der Waals surface area contributed by atoms with Crippen LogP contribution in [0.3, 0.4) is 0 Å². The quantitative estimate of drug-likeness (QED) is 0.750. The van der Waals surface area contributed by atoms with E-state index >= 15 is 0 Å². The van der Waals surface area contributed by atoms with Gasteiger partial charge in [0.1, 0.15) is 5.58 Å². The third kappa shape index (κ3) is 2.57. The van der Waals surface area contributed by atoms with Gasteiger partial charge in [0, 0.05) is 11.5 Å². The summed E-state index contributed by atoms with van der Waals surface area (Å²) in [6.45, 7) is 4.32. The van der Waals surface area contributed by atoms with E-state index in [2.05, 4.69) is 19.9 Å². The maximum Gasteiger partial charge on any atom is 0.336 e. The van der Waals surface area contributed by atoms with Gasteiger partial charge in [0.15, 0.2) is 0 Å². The Labute approximate surface area is 101 Å². The highest BCUT2D eigenvalue weighted by Crippen LogP contribution is 2.22. The van der Waals surface area contributed by atoms with E-state index in [0.717, 1.165) is 36.7 Å². The van der Waals surface area contributed by atoms with Crippen molar-refractivity contribution in [2.24, 2.45) is 0 Å². The van der Waals surface area contributed by atoms with E-state index in [1.807, 2.05) is 12.1 Å². The average Bonchev–Trinajstić information content (AvgIpc) is 2.29. The van der Waals surface area contributed by atoms with Crippen molar-refractivity contribution < 1.29 is 4.42 Å². The predicted octanol–water partition coefficient (Wildman–Crippen LogP) is 3.70. The first-order chi connectivity index (χ1) is 8.24. The first kappa shape index (κ1) is 11.9. The molecule has 2 heteroatoms. The van der Waals surface area contributed by atoms with Crippen LogP contribution in [0.15, 0.2) is 33.5 Å². The molecular formula is C15H18O2. The fourth-order valence-electron chi connectivity index (χ4n) is 2.22. The van der Waals surface area contributed by atoms with Gasteiger partial charge in [0.25, 0.3) is 0 Å². The van der Waals surface area contributed by atoms with Gasteiger partial charge in [-0.05, 0) is 36.1 Å².